The number of hydrogen-bond donors (Lipinski definition) is 1. The molecule has 1 N–H and O–H groups in total. The molecule has 0 aliphatic rings. The number of carbonyl (C=O) groups excluding carboxylic acids is 1. The van der Waals surface area contributed by atoms with Gasteiger partial charge in [-0.25, -0.2) is 4.79 Å². The van der Waals surface area contributed by atoms with Crippen molar-refractivity contribution >= 4 is 11.8 Å². The van der Waals surface area contributed by atoms with Crippen molar-refractivity contribution in [1.82, 2.24) is 0 Å². The molecular weight excluding hydrogens is 180 g/mol. The van der Waals surface area contributed by atoms with Crippen LogP contribution in [0.25, 0.3) is 0 Å². The first-order chi connectivity index (χ1) is 6.54. The molecular formula is C11H12O3. The number of carbonyl (C=O) groups is 2. The van der Waals surface area contributed by atoms with E-state index < -0.39 is 17.7 Å². The van der Waals surface area contributed by atoms with Crippen molar-refractivity contribution in [3.63, 3.8) is 0 Å². The molecule has 1 atom stereocenters. The van der Waals surface area contributed by atoms with E-state index in [0.717, 1.165) is 11.1 Å². The zero-order valence-electron chi connectivity index (χ0n) is 8.15. The number of rotatable bonds is 3. The van der Waals surface area contributed by atoms with Crippen molar-refractivity contribution in [2.75, 3.05) is 0 Å². The van der Waals surface area contributed by atoms with Crippen molar-refractivity contribution in [3.8, 4) is 0 Å². The molecule has 1 rings (SSSR count). The molecule has 1 aromatic carbocycles. The lowest BCUT2D eigenvalue weighted by molar-refractivity contribution is -0.149. The highest BCUT2D eigenvalue weighted by molar-refractivity contribution is 6.34. The van der Waals surface area contributed by atoms with Crippen molar-refractivity contribution in [1.29, 1.82) is 0 Å². The minimum absolute atomic E-state index is 0.575. The van der Waals surface area contributed by atoms with Crippen molar-refractivity contribution in [2.45, 2.75) is 19.8 Å². The number of carboxylic acids is 1. The van der Waals surface area contributed by atoms with Gasteiger partial charge in [-0.3, -0.25) is 4.79 Å². The number of aryl methyl sites for hydroxylation is 1. The summed E-state index contributed by atoms with van der Waals surface area (Å²) in [7, 11) is 0. The van der Waals surface area contributed by atoms with Gasteiger partial charge in [0, 0.05) is 0 Å². The van der Waals surface area contributed by atoms with Crippen molar-refractivity contribution in [3.05, 3.63) is 35.4 Å². The highest BCUT2D eigenvalue weighted by Gasteiger charge is 2.22. The lowest BCUT2D eigenvalue weighted by Gasteiger charge is -2.10. The molecule has 1 aromatic rings. The number of Topliss-reactive ketones (excluding diaryl/α,β-unsaturated/α-hetero) is 1. The Kier molecular flexibility index (Phi) is 3.02. The Morgan fingerprint density at radius 3 is 2.36 bits per heavy atom. The van der Waals surface area contributed by atoms with Crippen LogP contribution < -0.4 is 0 Å². The van der Waals surface area contributed by atoms with Crippen LogP contribution in [0.3, 0.4) is 0 Å². The zero-order chi connectivity index (χ0) is 10.7. The van der Waals surface area contributed by atoms with E-state index in [4.69, 9.17) is 5.11 Å². The highest BCUT2D eigenvalue weighted by Crippen LogP contribution is 2.19. The molecule has 1 unspecified atom stereocenters. The van der Waals surface area contributed by atoms with E-state index in [1.807, 2.05) is 19.1 Å². The molecule has 0 aliphatic heterocycles. The fourth-order valence-corrected chi connectivity index (χ4v) is 1.40. The largest absolute Gasteiger partial charge is 0.475 e. The van der Waals surface area contributed by atoms with E-state index in [-0.39, 0.29) is 0 Å². The molecule has 0 saturated heterocycles. The van der Waals surface area contributed by atoms with E-state index in [0.29, 0.717) is 0 Å². The molecule has 0 heterocycles. The average molecular weight is 192 g/mol. The van der Waals surface area contributed by atoms with Crippen LogP contribution in [-0.2, 0) is 9.59 Å². The maximum absolute atomic E-state index is 11.2. The maximum Gasteiger partial charge on any atom is 0.372 e. The van der Waals surface area contributed by atoms with E-state index >= 15 is 0 Å². The van der Waals surface area contributed by atoms with Gasteiger partial charge in [-0.1, -0.05) is 31.2 Å². The highest BCUT2D eigenvalue weighted by atomic mass is 16.4. The van der Waals surface area contributed by atoms with E-state index in [2.05, 4.69) is 0 Å². The summed E-state index contributed by atoms with van der Waals surface area (Å²) in [5, 5.41) is 8.56. The normalized spacial score (nSPS) is 12.1. The van der Waals surface area contributed by atoms with Crippen LogP contribution in [0, 0.1) is 6.92 Å². The molecule has 0 fully saturated rings. The summed E-state index contributed by atoms with van der Waals surface area (Å²) < 4.78 is 0. The van der Waals surface area contributed by atoms with Gasteiger partial charge in [0.15, 0.2) is 0 Å². The van der Waals surface area contributed by atoms with Gasteiger partial charge in [0.1, 0.15) is 0 Å². The van der Waals surface area contributed by atoms with E-state index in [9.17, 15) is 9.59 Å². The minimum Gasteiger partial charge on any atom is -0.475 e. The number of carboxylic acid groups (broad SMARTS) is 1. The summed E-state index contributed by atoms with van der Waals surface area (Å²) >= 11 is 0. The van der Waals surface area contributed by atoms with Gasteiger partial charge in [-0.05, 0) is 18.1 Å². The Labute approximate surface area is 82.4 Å². The van der Waals surface area contributed by atoms with Crippen LogP contribution in [-0.4, -0.2) is 16.9 Å². The van der Waals surface area contributed by atoms with Gasteiger partial charge in [-0.15, -0.1) is 0 Å². The van der Waals surface area contributed by atoms with Crippen LogP contribution in [0.2, 0.25) is 0 Å². The Bertz CT molecular complexity index is 369. The third-order valence-corrected chi connectivity index (χ3v) is 2.26. The summed E-state index contributed by atoms with van der Waals surface area (Å²) in [4.78, 5) is 21.7. The molecule has 0 bridgehead atoms. The molecule has 0 amide bonds. The first kappa shape index (κ1) is 10.4. The summed E-state index contributed by atoms with van der Waals surface area (Å²) in [6, 6.07) is 7.30. The monoisotopic (exact) mass is 192 g/mol. The lowest BCUT2D eigenvalue weighted by atomic mass is 9.93. The van der Waals surface area contributed by atoms with Crippen LogP contribution >= 0.6 is 0 Å². The predicted molar refractivity (Wildman–Crippen MR) is 52.2 cm³/mol. The molecule has 0 spiro atoms. The maximum atomic E-state index is 11.2. The average Bonchev–Trinajstić information content (AvgIpc) is 2.16. The van der Waals surface area contributed by atoms with E-state index in [1.165, 1.54) is 0 Å². The Morgan fingerprint density at radius 1 is 1.29 bits per heavy atom. The smallest absolute Gasteiger partial charge is 0.372 e. The quantitative estimate of drug-likeness (QED) is 0.742. The van der Waals surface area contributed by atoms with Crippen LogP contribution in [0.15, 0.2) is 24.3 Å². The number of hydrogen-bond acceptors (Lipinski definition) is 2. The first-order valence-electron chi connectivity index (χ1n) is 4.36. The number of aliphatic carboxylic acids is 1. The van der Waals surface area contributed by atoms with Gasteiger partial charge in [0.05, 0.1) is 5.92 Å². The van der Waals surface area contributed by atoms with Gasteiger partial charge in [0.25, 0.3) is 0 Å². The summed E-state index contributed by atoms with van der Waals surface area (Å²) in [5.41, 5.74) is 1.72. The predicted octanol–water partition coefficient (Wildman–Crippen LogP) is 1.75. The fourth-order valence-electron chi connectivity index (χ4n) is 1.40. The SMILES string of the molecule is Cc1ccccc1C(C)C(=O)C(=O)O. The lowest BCUT2D eigenvalue weighted by Crippen LogP contribution is -2.19. The van der Waals surface area contributed by atoms with Crippen molar-refractivity contribution in [2.24, 2.45) is 0 Å². The molecule has 0 radical (unpaired) electrons. The second kappa shape index (κ2) is 4.05. The zero-order valence-corrected chi connectivity index (χ0v) is 8.15. The molecule has 0 aliphatic carbocycles. The topological polar surface area (TPSA) is 54.4 Å². The second-order valence-electron chi connectivity index (χ2n) is 3.25. The first-order valence-corrected chi connectivity index (χ1v) is 4.36. The third-order valence-electron chi connectivity index (χ3n) is 2.26. The number of ketones is 1. The summed E-state index contributed by atoms with van der Waals surface area (Å²) in [6.07, 6.45) is 0. The van der Waals surface area contributed by atoms with Gasteiger partial charge < -0.3 is 5.11 Å². The third kappa shape index (κ3) is 1.99. The van der Waals surface area contributed by atoms with Gasteiger partial charge in [-0.2, -0.15) is 0 Å². The summed E-state index contributed by atoms with van der Waals surface area (Å²) in [5.74, 6) is -2.71. The Balaban J connectivity index is 3.01. The van der Waals surface area contributed by atoms with Crippen LogP contribution in [0.4, 0.5) is 0 Å². The standard InChI is InChI=1S/C11H12O3/c1-7-5-3-4-6-9(7)8(2)10(12)11(13)14/h3-6,8H,1-2H3,(H,13,14). The van der Waals surface area contributed by atoms with Crippen LogP contribution in [0.5, 0.6) is 0 Å². The number of benzene rings is 1. The summed E-state index contributed by atoms with van der Waals surface area (Å²) in [6.45, 7) is 3.47. The van der Waals surface area contributed by atoms with Crippen molar-refractivity contribution < 1.29 is 14.7 Å². The van der Waals surface area contributed by atoms with E-state index in [1.54, 1.807) is 19.1 Å². The molecule has 3 heteroatoms. The Hall–Kier alpha value is -1.64. The van der Waals surface area contributed by atoms with Gasteiger partial charge >= 0.3 is 5.97 Å². The Morgan fingerprint density at radius 2 is 1.86 bits per heavy atom. The fraction of sp³-hybridized carbons (Fsp3) is 0.273. The van der Waals surface area contributed by atoms with Crippen LogP contribution in [0.1, 0.15) is 24.0 Å². The minimum atomic E-state index is -1.37. The molecule has 3 nitrogen and oxygen atoms in total. The molecule has 0 saturated carbocycles. The van der Waals surface area contributed by atoms with Gasteiger partial charge in [0.2, 0.25) is 5.78 Å². The second-order valence-corrected chi connectivity index (χ2v) is 3.25. The molecule has 74 valence electrons. The molecule has 14 heavy (non-hydrogen) atoms. The molecule has 0 aromatic heterocycles.